The Bertz CT molecular complexity index is 1290. The number of aromatic nitrogens is 3. The van der Waals surface area contributed by atoms with Crippen molar-refractivity contribution in [2.45, 2.75) is 25.1 Å². The lowest BCUT2D eigenvalue weighted by atomic mass is 10.1. The Kier molecular flexibility index (Phi) is 6.16. The fourth-order valence-electron chi connectivity index (χ4n) is 5.19. The number of nitrogens with one attached hydrogen (secondary N) is 1. The van der Waals surface area contributed by atoms with Gasteiger partial charge in [0.2, 0.25) is 5.95 Å². The summed E-state index contributed by atoms with van der Waals surface area (Å²) >= 11 is 0. The van der Waals surface area contributed by atoms with E-state index >= 15 is 0 Å². The molecule has 3 atom stereocenters. The van der Waals surface area contributed by atoms with E-state index in [9.17, 15) is 4.79 Å². The number of ether oxygens (including phenoxy) is 3. The van der Waals surface area contributed by atoms with Crippen LogP contribution in [0.15, 0.2) is 36.4 Å². The van der Waals surface area contributed by atoms with Crippen LogP contribution < -0.4 is 15.1 Å². The first-order chi connectivity index (χ1) is 17.6. The molecule has 0 spiro atoms. The number of pyridine rings is 1. The molecule has 2 aromatic heterocycles. The van der Waals surface area contributed by atoms with Crippen molar-refractivity contribution in [2.24, 2.45) is 0 Å². The number of hydrogen-bond donors (Lipinski definition) is 1. The second kappa shape index (κ2) is 9.61. The maximum absolute atomic E-state index is 12.2. The molecule has 188 valence electrons. The van der Waals surface area contributed by atoms with Crippen LogP contribution in [0, 0.1) is 0 Å². The van der Waals surface area contributed by atoms with Crippen LogP contribution in [-0.4, -0.2) is 92.2 Å². The van der Waals surface area contributed by atoms with Crippen LogP contribution in [0.3, 0.4) is 0 Å². The molecule has 0 unspecified atom stereocenters. The lowest BCUT2D eigenvalue weighted by Gasteiger charge is -2.38. The van der Waals surface area contributed by atoms with Crippen molar-refractivity contribution in [2.75, 3.05) is 63.0 Å². The Morgan fingerprint density at radius 3 is 2.75 bits per heavy atom. The second-order valence-corrected chi connectivity index (χ2v) is 9.40. The lowest BCUT2D eigenvalue weighted by Crippen LogP contribution is -2.51. The topological polar surface area (TPSA) is 102 Å². The fraction of sp³-hybridized carbons (Fsp3) is 0.462. The standard InChI is InChI=1S/C26H30N6O4/c1-16-13-34-10-8-31(16)24-19-6-7-20(17-4-3-5-18(12-17)25(33)27-2)28-23(19)29-26(30-24)32-9-11-36-22-15-35-14-21(22)32/h3-7,12,16,21-22H,8-11,13-15H2,1-2H3,(H,27,33)/t16-,21-,22+/m0/s1. The van der Waals surface area contributed by atoms with Gasteiger partial charge in [0.1, 0.15) is 11.9 Å². The van der Waals surface area contributed by atoms with Gasteiger partial charge in [-0.15, -0.1) is 0 Å². The number of amides is 1. The minimum absolute atomic E-state index is 0.0237. The highest BCUT2D eigenvalue weighted by Gasteiger charge is 2.39. The number of rotatable bonds is 4. The largest absolute Gasteiger partial charge is 0.377 e. The molecule has 0 bridgehead atoms. The Hall–Kier alpha value is -3.34. The summed E-state index contributed by atoms with van der Waals surface area (Å²) < 4.78 is 17.3. The van der Waals surface area contributed by atoms with Crippen molar-refractivity contribution in [3.05, 3.63) is 42.0 Å². The SMILES string of the molecule is CNC(=O)c1cccc(-c2ccc3c(N4CCOC[C@@H]4C)nc(N4CCO[C@@H]5COC[C@@H]54)nc3n2)c1. The molecule has 3 saturated heterocycles. The first-order valence-corrected chi connectivity index (χ1v) is 12.4. The van der Waals surface area contributed by atoms with Gasteiger partial charge >= 0.3 is 0 Å². The summed E-state index contributed by atoms with van der Waals surface area (Å²) in [5.41, 5.74) is 2.82. The zero-order chi connectivity index (χ0) is 24.6. The van der Waals surface area contributed by atoms with Crippen molar-refractivity contribution in [1.29, 1.82) is 0 Å². The maximum atomic E-state index is 12.2. The van der Waals surface area contributed by atoms with Gasteiger partial charge in [0.05, 0.1) is 56.2 Å². The van der Waals surface area contributed by atoms with Crippen LogP contribution in [0.2, 0.25) is 0 Å². The molecule has 3 fully saturated rings. The average molecular weight is 491 g/mol. The molecule has 0 aliphatic carbocycles. The summed E-state index contributed by atoms with van der Waals surface area (Å²) in [7, 11) is 1.63. The molecule has 0 radical (unpaired) electrons. The van der Waals surface area contributed by atoms with E-state index in [0.717, 1.165) is 29.0 Å². The van der Waals surface area contributed by atoms with E-state index in [1.165, 1.54) is 0 Å². The summed E-state index contributed by atoms with van der Waals surface area (Å²) in [5.74, 6) is 1.38. The third-order valence-electron chi connectivity index (χ3n) is 7.14. The van der Waals surface area contributed by atoms with E-state index in [1.54, 1.807) is 13.1 Å². The van der Waals surface area contributed by atoms with Gasteiger partial charge in [-0.25, -0.2) is 4.98 Å². The van der Waals surface area contributed by atoms with Gasteiger partial charge in [0, 0.05) is 31.3 Å². The van der Waals surface area contributed by atoms with Crippen molar-refractivity contribution in [1.82, 2.24) is 20.3 Å². The van der Waals surface area contributed by atoms with E-state index in [4.69, 9.17) is 29.2 Å². The molecule has 10 nitrogen and oxygen atoms in total. The number of nitrogens with zero attached hydrogens (tertiary/aromatic N) is 5. The van der Waals surface area contributed by atoms with Crippen LogP contribution in [-0.2, 0) is 14.2 Å². The Labute approximate surface area is 209 Å². The van der Waals surface area contributed by atoms with Crippen LogP contribution in [0.5, 0.6) is 0 Å². The number of hydrogen-bond acceptors (Lipinski definition) is 9. The van der Waals surface area contributed by atoms with Crippen LogP contribution in [0.4, 0.5) is 11.8 Å². The van der Waals surface area contributed by atoms with Gasteiger partial charge < -0.3 is 29.3 Å². The predicted molar refractivity (Wildman–Crippen MR) is 135 cm³/mol. The molecule has 3 aliphatic heterocycles. The molecule has 6 rings (SSSR count). The van der Waals surface area contributed by atoms with Crippen LogP contribution >= 0.6 is 0 Å². The molecule has 1 N–H and O–H groups in total. The molecule has 36 heavy (non-hydrogen) atoms. The van der Waals surface area contributed by atoms with Gasteiger partial charge in [-0.2, -0.15) is 9.97 Å². The number of carbonyl (C=O) groups excluding carboxylic acids is 1. The second-order valence-electron chi connectivity index (χ2n) is 9.40. The van der Waals surface area contributed by atoms with Gasteiger partial charge in [-0.1, -0.05) is 12.1 Å². The highest BCUT2D eigenvalue weighted by molar-refractivity contribution is 5.95. The molecule has 3 aromatic rings. The van der Waals surface area contributed by atoms with E-state index in [2.05, 4.69) is 22.0 Å². The van der Waals surface area contributed by atoms with Gasteiger partial charge in [-0.3, -0.25) is 4.79 Å². The molecule has 1 amide bonds. The Balaban J connectivity index is 1.47. The van der Waals surface area contributed by atoms with Gasteiger partial charge in [0.25, 0.3) is 5.91 Å². The monoisotopic (exact) mass is 490 g/mol. The minimum atomic E-state index is -0.133. The third-order valence-corrected chi connectivity index (χ3v) is 7.14. The number of benzene rings is 1. The summed E-state index contributed by atoms with van der Waals surface area (Å²) in [6.45, 7) is 6.68. The van der Waals surface area contributed by atoms with Crippen molar-refractivity contribution >= 4 is 28.7 Å². The van der Waals surface area contributed by atoms with Crippen molar-refractivity contribution < 1.29 is 19.0 Å². The summed E-state index contributed by atoms with van der Waals surface area (Å²) in [4.78, 5) is 31.7. The zero-order valence-electron chi connectivity index (χ0n) is 20.5. The summed E-state index contributed by atoms with van der Waals surface area (Å²) in [5, 5.41) is 3.57. The smallest absolute Gasteiger partial charge is 0.251 e. The van der Waals surface area contributed by atoms with Gasteiger partial charge in [-0.05, 0) is 31.2 Å². The predicted octanol–water partition coefficient (Wildman–Crippen LogP) is 1.88. The lowest BCUT2D eigenvalue weighted by molar-refractivity contribution is 0.0220. The Morgan fingerprint density at radius 1 is 1.00 bits per heavy atom. The van der Waals surface area contributed by atoms with Crippen LogP contribution in [0.1, 0.15) is 17.3 Å². The van der Waals surface area contributed by atoms with Crippen molar-refractivity contribution in [3.8, 4) is 11.3 Å². The molecule has 3 aliphatic rings. The molecule has 0 saturated carbocycles. The average Bonchev–Trinajstić information content (AvgIpc) is 3.41. The van der Waals surface area contributed by atoms with Gasteiger partial charge in [0.15, 0.2) is 5.65 Å². The number of carbonyl (C=O) groups is 1. The maximum Gasteiger partial charge on any atom is 0.251 e. The number of morpholine rings is 2. The zero-order valence-corrected chi connectivity index (χ0v) is 20.5. The first-order valence-electron chi connectivity index (χ1n) is 12.4. The molecular formula is C26H30N6O4. The molecular weight excluding hydrogens is 460 g/mol. The normalized spacial score (nSPS) is 24.1. The van der Waals surface area contributed by atoms with Crippen LogP contribution in [0.25, 0.3) is 22.3 Å². The summed E-state index contributed by atoms with van der Waals surface area (Å²) in [6.07, 6.45) is 0.0237. The number of fused-ring (bicyclic) bond motifs is 2. The summed E-state index contributed by atoms with van der Waals surface area (Å²) in [6, 6.07) is 11.7. The third kappa shape index (κ3) is 4.15. The number of anilines is 2. The first kappa shape index (κ1) is 23.1. The fourth-order valence-corrected chi connectivity index (χ4v) is 5.19. The molecule has 1 aromatic carbocycles. The van der Waals surface area contributed by atoms with E-state index in [0.29, 0.717) is 56.7 Å². The van der Waals surface area contributed by atoms with E-state index in [1.807, 2.05) is 30.3 Å². The highest BCUT2D eigenvalue weighted by atomic mass is 16.6. The molecule has 5 heterocycles. The highest BCUT2D eigenvalue weighted by Crippen LogP contribution is 2.32. The molecule has 10 heteroatoms. The van der Waals surface area contributed by atoms with Crippen molar-refractivity contribution in [3.63, 3.8) is 0 Å². The van der Waals surface area contributed by atoms with E-state index < -0.39 is 0 Å². The minimum Gasteiger partial charge on any atom is -0.377 e. The quantitative estimate of drug-likeness (QED) is 0.587. The Morgan fingerprint density at radius 2 is 1.89 bits per heavy atom. The van der Waals surface area contributed by atoms with E-state index in [-0.39, 0.29) is 24.1 Å².